The van der Waals surface area contributed by atoms with Gasteiger partial charge in [0.25, 0.3) is 0 Å². The maximum absolute atomic E-state index is 10.6. The van der Waals surface area contributed by atoms with Crippen molar-refractivity contribution in [3.05, 3.63) is 12.1 Å². The Hall–Kier alpha value is -1.45. The highest BCUT2D eigenvalue weighted by atomic mass is 16.3. The number of aldehydes is 1. The van der Waals surface area contributed by atoms with E-state index in [2.05, 4.69) is 0 Å². The van der Waals surface area contributed by atoms with E-state index in [9.17, 15) is 15.0 Å². The van der Waals surface area contributed by atoms with E-state index in [0.717, 1.165) is 6.29 Å². The zero-order valence-electron chi connectivity index (χ0n) is 7.69. The second-order valence-electron chi connectivity index (χ2n) is 3.74. The average molecular weight is 183 g/mol. The second kappa shape index (κ2) is 3.12. The summed E-state index contributed by atoms with van der Waals surface area (Å²) in [5, 5.41) is 18.6. The summed E-state index contributed by atoms with van der Waals surface area (Å²) >= 11 is 0. The fourth-order valence-electron chi connectivity index (χ4n) is 1.05. The summed E-state index contributed by atoms with van der Waals surface area (Å²) < 4.78 is 1.29. The smallest absolute Gasteiger partial charge is 0.193 e. The van der Waals surface area contributed by atoms with Crippen LogP contribution in [-0.2, 0) is 11.3 Å². The van der Waals surface area contributed by atoms with E-state index in [0.29, 0.717) is 0 Å². The van der Waals surface area contributed by atoms with Crippen LogP contribution in [0.15, 0.2) is 12.1 Å². The zero-order chi connectivity index (χ0) is 10.1. The molecular weight excluding hydrogens is 170 g/mol. The van der Waals surface area contributed by atoms with Gasteiger partial charge in [0, 0.05) is 24.1 Å². The van der Waals surface area contributed by atoms with Gasteiger partial charge in [-0.05, 0) is 0 Å². The van der Waals surface area contributed by atoms with Crippen molar-refractivity contribution in [3.8, 4) is 11.8 Å². The first kappa shape index (κ1) is 9.64. The number of carbonyl (C=O) groups excluding carboxylic acids is 1. The molecule has 0 aliphatic carbocycles. The first-order chi connectivity index (χ1) is 5.96. The molecule has 4 heteroatoms. The van der Waals surface area contributed by atoms with Crippen LogP contribution >= 0.6 is 0 Å². The standard InChI is InChI=1S/C9H13NO3/c1-9(2,6-11)5-10-7(12)3-4-8(10)13/h3-4,6,12-13H,5H2,1-2H3. The molecule has 4 nitrogen and oxygen atoms in total. The largest absolute Gasteiger partial charge is 0.494 e. The zero-order valence-corrected chi connectivity index (χ0v) is 7.69. The van der Waals surface area contributed by atoms with Gasteiger partial charge in [0.15, 0.2) is 11.8 Å². The molecule has 0 bridgehead atoms. The van der Waals surface area contributed by atoms with Gasteiger partial charge in [-0.1, -0.05) is 13.8 Å². The highest BCUT2D eigenvalue weighted by Gasteiger charge is 2.20. The molecule has 1 aromatic rings. The van der Waals surface area contributed by atoms with Gasteiger partial charge in [-0.15, -0.1) is 0 Å². The van der Waals surface area contributed by atoms with E-state index in [1.54, 1.807) is 13.8 Å². The quantitative estimate of drug-likeness (QED) is 0.690. The molecule has 0 aliphatic heterocycles. The van der Waals surface area contributed by atoms with Crippen LogP contribution in [0.5, 0.6) is 11.8 Å². The molecule has 0 amide bonds. The number of aromatic nitrogens is 1. The Bertz CT molecular complexity index is 295. The Kier molecular flexibility index (Phi) is 2.32. The van der Waals surface area contributed by atoms with Gasteiger partial charge in [0.1, 0.15) is 6.29 Å². The van der Waals surface area contributed by atoms with Crippen molar-refractivity contribution in [2.45, 2.75) is 20.4 Å². The van der Waals surface area contributed by atoms with Crippen molar-refractivity contribution < 1.29 is 15.0 Å². The minimum Gasteiger partial charge on any atom is -0.494 e. The Balaban J connectivity index is 2.91. The Morgan fingerprint density at radius 3 is 2.23 bits per heavy atom. The molecule has 0 spiro atoms. The summed E-state index contributed by atoms with van der Waals surface area (Å²) in [5.41, 5.74) is -0.589. The Morgan fingerprint density at radius 2 is 1.85 bits per heavy atom. The number of aromatic hydroxyl groups is 2. The molecule has 0 fully saturated rings. The SMILES string of the molecule is CC(C)(C=O)Cn1c(O)ccc1O. The van der Waals surface area contributed by atoms with Crippen LogP contribution in [0.3, 0.4) is 0 Å². The van der Waals surface area contributed by atoms with Crippen LogP contribution < -0.4 is 0 Å². The minimum atomic E-state index is -0.589. The molecule has 72 valence electrons. The van der Waals surface area contributed by atoms with Crippen LogP contribution in [0.1, 0.15) is 13.8 Å². The maximum Gasteiger partial charge on any atom is 0.193 e. The lowest BCUT2D eigenvalue weighted by Crippen LogP contribution is -2.20. The normalized spacial score (nSPS) is 11.5. The monoisotopic (exact) mass is 183 g/mol. The molecule has 0 saturated carbocycles. The van der Waals surface area contributed by atoms with Crippen molar-refractivity contribution >= 4 is 6.29 Å². The summed E-state index contributed by atoms with van der Waals surface area (Å²) in [7, 11) is 0. The van der Waals surface area contributed by atoms with Gasteiger partial charge >= 0.3 is 0 Å². The van der Waals surface area contributed by atoms with Crippen LogP contribution in [-0.4, -0.2) is 21.1 Å². The summed E-state index contributed by atoms with van der Waals surface area (Å²) in [6.45, 7) is 3.74. The number of hydrogen-bond donors (Lipinski definition) is 2. The van der Waals surface area contributed by atoms with Gasteiger partial charge < -0.3 is 15.0 Å². The molecule has 0 unspecified atom stereocenters. The van der Waals surface area contributed by atoms with Gasteiger partial charge in [-0.3, -0.25) is 4.57 Å². The molecule has 0 radical (unpaired) electrons. The Morgan fingerprint density at radius 1 is 1.38 bits per heavy atom. The summed E-state index contributed by atoms with van der Waals surface area (Å²) in [6, 6.07) is 2.77. The molecule has 13 heavy (non-hydrogen) atoms. The molecule has 1 heterocycles. The highest BCUT2D eigenvalue weighted by Crippen LogP contribution is 2.26. The van der Waals surface area contributed by atoms with Crippen LogP contribution in [0.25, 0.3) is 0 Å². The molecule has 1 aromatic heterocycles. The molecule has 1 rings (SSSR count). The predicted molar refractivity (Wildman–Crippen MR) is 47.6 cm³/mol. The van der Waals surface area contributed by atoms with E-state index >= 15 is 0 Å². The van der Waals surface area contributed by atoms with E-state index in [1.165, 1.54) is 16.7 Å². The topological polar surface area (TPSA) is 62.5 Å². The third-order valence-electron chi connectivity index (χ3n) is 1.82. The minimum absolute atomic E-state index is 0.0348. The van der Waals surface area contributed by atoms with Crippen molar-refractivity contribution in [2.24, 2.45) is 5.41 Å². The highest BCUT2D eigenvalue weighted by molar-refractivity contribution is 5.57. The van der Waals surface area contributed by atoms with E-state index in [4.69, 9.17) is 0 Å². The first-order valence-electron chi connectivity index (χ1n) is 4.00. The first-order valence-corrected chi connectivity index (χ1v) is 4.00. The predicted octanol–water partition coefficient (Wildman–Crippen LogP) is 1.12. The fraction of sp³-hybridized carbons (Fsp3) is 0.444. The molecule has 0 atom stereocenters. The van der Waals surface area contributed by atoms with Gasteiger partial charge in [0.05, 0.1) is 0 Å². The lowest BCUT2D eigenvalue weighted by atomic mass is 9.96. The van der Waals surface area contributed by atoms with Crippen molar-refractivity contribution in [3.63, 3.8) is 0 Å². The number of nitrogens with zero attached hydrogens (tertiary/aromatic N) is 1. The summed E-state index contributed by atoms with van der Waals surface area (Å²) in [6.07, 6.45) is 0.798. The van der Waals surface area contributed by atoms with Gasteiger partial charge in [-0.25, -0.2) is 0 Å². The second-order valence-corrected chi connectivity index (χ2v) is 3.74. The van der Waals surface area contributed by atoms with Gasteiger partial charge in [-0.2, -0.15) is 0 Å². The molecule has 2 N–H and O–H groups in total. The average Bonchev–Trinajstić information content (AvgIpc) is 2.36. The molecule has 0 aromatic carbocycles. The molecule has 0 aliphatic rings. The van der Waals surface area contributed by atoms with Crippen molar-refractivity contribution in [2.75, 3.05) is 0 Å². The summed E-state index contributed by atoms with van der Waals surface area (Å²) in [5.74, 6) is -0.0696. The van der Waals surface area contributed by atoms with Crippen molar-refractivity contribution in [1.29, 1.82) is 0 Å². The third-order valence-corrected chi connectivity index (χ3v) is 1.82. The number of carbonyl (C=O) groups is 1. The van der Waals surface area contributed by atoms with Crippen LogP contribution in [0.2, 0.25) is 0 Å². The maximum atomic E-state index is 10.6. The van der Waals surface area contributed by atoms with E-state index in [1.807, 2.05) is 0 Å². The Labute approximate surface area is 76.4 Å². The lowest BCUT2D eigenvalue weighted by Gasteiger charge is -2.18. The van der Waals surface area contributed by atoms with E-state index in [-0.39, 0.29) is 18.3 Å². The molecular formula is C9H13NO3. The third kappa shape index (κ3) is 2.02. The number of hydrogen-bond acceptors (Lipinski definition) is 3. The lowest BCUT2D eigenvalue weighted by molar-refractivity contribution is -0.115. The van der Waals surface area contributed by atoms with Gasteiger partial charge in [0.2, 0.25) is 0 Å². The van der Waals surface area contributed by atoms with E-state index < -0.39 is 5.41 Å². The summed E-state index contributed by atoms with van der Waals surface area (Å²) in [4.78, 5) is 10.6. The molecule has 0 saturated heterocycles. The van der Waals surface area contributed by atoms with Crippen molar-refractivity contribution in [1.82, 2.24) is 4.57 Å². The fourth-order valence-corrected chi connectivity index (χ4v) is 1.05. The number of rotatable bonds is 3. The van der Waals surface area contributed by atoms with Crippen LogP contribution in [0, 0.1) is 5.41 Å². The van der Waals surface area contributed by atoms with Crippen LogP contribution in [0.4, 0.5) is 0 Å².